The topological polar surface area (TPSA) is 61.4 Å². The molecule has 0 bridgehead atoms. The number of carboxylic acids is 1. The maximum Gasteiger partial charge on any atom is 0.306 e. The minimum atomic E-state index is -0.613. The van der Waals surface area contributed by atoms with Gasteiger partial charge in [-0.2, -0.15) is 0 Å². The second-order valence-electron chi connectivity index (χ2n) is 5.50. The van der Waals surface area contributed by atoms with Gasteiger partial charge in [-0.1, -0.05) is 6.42 Å². The average Bonchev–Trinajstić information content (AvgIpc) is 2.38. The van der Waals surface area contributed by atoms with Gasteiger partial charge in [-0.05, 0) is 57.7 Å². The lowest BCUT2D eigenvalue weighted by Crippen LogP contribution is -2.41. The number of carboxylic acid groups (broad SMARTS) is 1. The minimum Gasteiger partial charge on any atom is -0.481 e. The van der Waals surface area contributed by atoms with Crippen LogP contribution in [-0.2, 0) is 4.79 Å². The van der Waals surface area contributed by atoms with E-state index >= 15 is 0 Å². The predicted molar refractivity (Wildman–Crippen MR) is 67.0 cm³/mol. The molecule has 2 rings (SSSR count). The molecule has 2 unspecified atom stereocenters. The third-order valence-electron chi connectivity index (χ3n) is 4.18. The molecule has 2 atom stereocenters. The zero-order valence-corrected chi connectivity index (χ0v) is 10.5. The highest BCUT2D eigenvalue weighted by Crippen LogP contribution is 2.24. The van der Waals surface area contributed by atoms with Crippen LogP contribution in [0, 0.1) is 11.8 Å². The SMILES string of the molecule is O=C(O)C1CCCC(NCC2CCNCC2)C1. The van der Waals surface area contributed by atoms with Crippen molar-refractivity contribution >= 4 is 5.97 Å². The molecule has 0 radical (unpaired) electrons. The van der Waals surface area contributed by atoms with E-state index in [9.17, 15) is 4.79 Å². The molecule has 4 nitrogen and oxygen atoms in total. The molecule has 0 aromatic carbocycles. The summed E-state index contributed by atoms with van der Waals surface area (Å²) in [6.45, 7) is 3.34. The van der Waals surface area contributed by atoms with Crippen LogP contribution in [0.2, 0.25) is 0 Å². The first-order valence-corrected chi connectivity index (χ1v) is 6.92. The Bertz CT molecular complexity index is 252. The van der Waals surface area contributed by atoms with E-state index in [0.717, 1.165) is 51.2 Å². The standard InChI is InChI=1S/C13H24N2O2/c16-13(17)11-2-1-3-12(8-11)15-9-10-4-6-14-7-5-10/h10-12,14-15H,1-9H2,(H,16,17). The number of nitrogens with one attached hydrogen (secondary N) is 2. The third kappa shape index (κ3) is 3.96. The minimum absolute atomic E-state index is 0.116. The molecule has 17 heavy (non-hydrogen) atoms. The van der Waals surface area contributed by atoms with Gasteiger partial charge in [0.15, 0.2) is 0 Å². The van der Waals surface area contributed by atoms with Crippen LogP contribution in [0.5, 0.6) is 0 Å². The number of hydrogen-bond acceptors (Lipinski definition) is 3. The molecule has 1 heterocycles. The quantitative estimate of drug-likeness (QED) is 0.691. The molecule has 2 aliphatic rings. The molecule has 98 valence electrons. The van der Waals surface area contributed by atoms with Gasteiger partial charge in [0, 0.05) is 6.04 Å². The Kier molecular flexibility index (Phi) is 4.80. The monoisotopic (exact) mass is 240 g/mol. The van der Waals surface area contributed by atoms with Crippen LogP contribution < -0.4 is 10.6 Å². The first kappa shape index (κ1) is 12.8. The lowest BCUT2D eigenvalue weighted by molar-refractivity contribution is -0.143. The molecular formula is C13H24N2O2. The maximum absolute atomic E-state index is 11.0. The highest BCUT2D eigenvalue weighted by atomic mass is 16.4. The van der Waals surface area contributed by atoms with Crippen LogP contribution in [0.4, 0.5) is 0 Å². The number of carbonyl (C=O) groups is 1. The summed E-state index contributed by atoms with van der Waals surface area (Å²) in [6, 6.07) is 0.430. The fraction of sp³-hybridized carbons (Fsp3) is 0.923. The third-order valence-corrected chi connectivity index (χ3v) is 4.18. The molecule has 3 N–H and O–H groups in total. The van der Waals surface area contributed by atoms with Crippen molar-refractivity contribution in [3.05, 3.63) is 0 Å². The van der Waals surface area contributed by atoms with Gasteiger partial charge in [0.2, 0.25) is 0 Å². The smallest absolute Gasteiger partial charge is 0.306 e. The van der Waals surface area contributed by atoms with Gasteiger partial charge < -0.3 is 15.7 Å². The highest BCUT2D eigenvalue weighted by molar-refractivity contribution is 5.70. The van der Waals surface area contributed by atoms with E-state index in [-0.39, 0.29) is 5.92 Å². The Labute approximate surface area is 103 Å². The van der Waals surface area contributed by atoms with Crippen molar-refractivity contribution in [2.45, 2.75) is 44.6 Å². The summed E-state index contributed by atoms with van der Waals surface area (Å²) >= 11 is 0. The number of piperidine rings is 1. The zero-order chi connectivity index (χ0) is 12.1. The summed E-state index contributed by atoms with van der Waals surface area (Å²) < 4.78 is 0. The highest BCUT2D eigenvalue weighted by Gasteiger charge is 2.27. The van der Waals surface area contributed by atoms with E-state index in [0.29, 0.717) is 6.04 Å². The van der Waals surface area contributed by atoms with Crippen molar-refractivity contribution in [3.8, 4) is 0 Å². The van der Waals surface area contributed by atoms with Crippen molar-refractivity contribution in [2.24, 2.45) is 11.8 Å². The summed E-state index contributed by atoms with van der Waals surface area (Å²) in [5.74, 6) is 0.0501. The second kappa shape index (κ2) is 6.36. The summed E-state index contributed by atoms with van der Waals surface area (Å²) in [6.07, 6.45) is 6.39. The molecule has 4 heteroatoms. The van der Waals surface area contributed by atoms with E-state index in [1.165, 1.54) is 12.8 Å². The van der Waals surface area contributed by atoms with Gasteiger partial charge in [0.25, 0.3) is 0 Å². The van der Waals surface area contributed by atoms with Crippen LogP contribution in [0.3, 0.4) is 0 Å². The largest absolute Gasteiger partial charge is 0.481 e. The number of aliphatic carboxylic acids is 1. The Hall–Kier alpha value is -0.610. The molecule has 1 saturated heterocycles. The lowest BCUT2D eigenvalue weighted by atomic mass is 9.85. The van der Waals surface area contributed by atoms with E-state index in [1.807, 2.05) is 0 Å². The van der Waals surface area contributed by atoms with Crippen LogP contribution in [-0.4, -0.2) is 36.8 Å². The normalized spacial score (nSPS) is 31.3. The van der Waals surface area contributed by atoms with Crippen LogP contribution >= 0.6 is 0 Å². The average molecular weight is 240 g/mol. The van der Waals surface area contributed by atoms with Gasteiger partial charge in [-0.3, -0.25) is 4.79 Å². The molecule has 0 aromatic heterocycles. The van der Waals surface area contributed by atoms with Gasteiger partial charge >= 0.3 is 5.97 Å². The van der Waals surface area contributed by atoms with Crippen molar-refractivity contribution in [1.82, 2.24) is 10.6 Å². The summed E-state index contributed by atoms with van der Waals surface area (Å²) in [5.41, 5.74) is 0. The van der Waals surface area contributed by atoms with Crippen LogP contribution in [0.1, 0.15) is 38.5 Å². The Morgan fingerprint density at radius 1 is 1.24 bits per heavy atom. The van der Waals surface area contributed by atoms with Gasteiger partial charge in [-0.15, -0.1) is 0 Å². The van der Waals surface area contributed by atoms with E-state index < -0.39 is 5.97 Å². The van der Waals surface area contributed by atoms with E-state index in [2.05, 4.69) is 10.6 Å². The fourth-order valence-electron chi connectivity index (χ4n) is 3.02. The maximum atomic E-state index is 11.0. The van der Waals surface area contributed by atoms with Crippen molar-refractivity contribution in [3.63, 3.8) is 0 Å². The predicted octanol–water partition coefficient (Wildman–Crippen LogP) is 1.22. The molecule has 0 aromatic rings. The summed E-state index contributed by atoms with van der Waals surface area (Å²) in [4.78, 5) is 11.0. The van der Waals surface area contributed by atoms with E-state index in [1.54, 1.807) is 0 Å². The summed E-state index contributed by atoms with van der Waals surface area (Å²) in [7, 11) is 0. The van der Waals surface area contributed by atoms with Gasteiger partial charge in [0.05, 0.1) is 5.92 Å². The Morgan fingerprint density at radius 3 is 2.71 bits per heavy atom. The Balaban J connectivity index is 1.69. The molecule has 0 amide bonds. The first-order valence-electron chi connectivity index (χ1n) is 6.92. The molecule has 0 spiro atoms. The fourth-order valence-corrected chi connectivity index (χ4v) is 3.02. The van der Waals surface area contributed by atoms with Crippen molar-refractivity contribution < 1.29 is 9.90 Å². The Morgan fingerprint density at radius 2 is 2.00 bits per heavy atom. The first-order chi connectivity index (χ1) is 8.25. The van der Waals surface area contributed by atoms with Crippen LogP contribution in [0.25, 0.3) is 0 Å². The molecule has 1 aliphatic carbocycles. The van der Waals surface area contributed by atoms with Crippen molar-refractivity contribution in [1.29, 1.82) is 0 Å². The van der Waals surface area contributed by atoms with Gasteiger partial charge in [-0.25, -0.2) is 0 Å². The number of hydrogen-bond donors (Lipinski definition) is 3. The summed E-state index contributed by atoms with van der Waals surface area (Å²) in [5, 5.41) is 16.0. The van der Waals surface area contributed by atoms with E-state index in [4.69, 9.17) is 5.11 Å². The molecule has 1 saturated carbocycles. The lowest BCUT2D eigenvalue weighted by Gasteiger charge is -2.30. The zero-order valence-electron chi connectivity index (χ0n) is 10.5. The molecule has 2 fully saturated rings. The number of rotatable bonds is 4. The molecular weight excluding hydrogens is 216 g/mol. The second-order valence-corrected chi connectivity index (χ2v) is 5.50. The van der Waals surface area contributed by atoms with Crippen molar-refractivity contribution in [2.75, 3.05) is 19.6 Å². The van der Waals surface area contributed by atoms with Crippen LogP contribution in [0.15, 0.2) is 0 Å². The molecule has 1 aliphatic heterocycles. The van der Waals surface area contributed by atoms with Gasteiger partial charge in [0.1, 0.15) is 0 Å².